The number of hydrogen-bond donors (Lipinski definition) is 3. The molecular weight excluding hydrogens is 398 g/mol. The number of carbonyl (C=O) groups excluding carboxylic acids is 1. The lowest BCUT2D eigenvalue weighted by atomic mass is 10.1. The van der Waals surface area contributed by atoms with Crippen molar-refractivity contribution in [3.05, 3.63) is 52.9 Å². The summed E-state index contributed by atoms with van der Waals surface area (Å²) in [6, 6.07) is 12.2. The monoisotopic (exact) mass is 421 g/mol. The van der Waals surface area contributed by atoms with Crippen LogP contribution in [0.15, 0.2) is 51.7 Å². The maximum Gasteiger partial charge on any atom is 0.362 e. The molecule has 1 fully saturated rings. The van der Waals surface area contributed by atoms with Crippen LogP contribution in [-0.4, -0.2) is 25.3 Å². The number of para-hydroxylation sites is 1. The molecule has 0 saturated heterocycles. The van der Waals surface area contributed by atoms with Gasteiger partial charge >= 0.3 is 11.7 Å². The van der Waals surface area contributed by atoms with Crippen molar-refractivity contribution in [2.75, 3.05) is 29.2 Å². The van der Waals surface area contributed by atoms with Gasteiger partial charge in [0.05, 0.1) is 5.69 Å². The molecule has 2 amide bonds. The quantitative estimate of drug-likeness (QED) is 0.534. The number of hydrogen-bond acceptors (Lipinski definition) is 6. The Balaban J connectivity index is 1.43. The Morgan fingerprint density at radius 3 is 2.52 bits per heavy atom. The number of benzene rings is 2. The summed E-state index contributed by atoms with van der Waals surface area (Å²) in [5.41, 5.74) is 1.09. The number of urea groups is 1. The maximum atomic E-state index is 12.7. The van der Waals surface area contributed by atoms with Crippen LogP contribution in [0.5, 0.6) is 11.5 Å². The summed E-state index contributed by atoms with van der Waals surface area (Å²) < 4.78 is 16.5. The van der Waals surface area contributed by atoms with E-state index in [-0.39, 0.29) is 11.7 Å². The molecule has 3 aromatic rings. The fraction of sp³-hybridized carbons (Fsp3) is 0.304. The van der Waals surface area contributed by atoms with Crippen molar-refractivity contribution < 1.29 is 18.7 Å². The van der Waals surface area contributed by atoms with Crippen molar-refractivity contribution in [3.8, 4) is 11.5 Å². The lowest BCUT2D eigenvalue weighted by Gasteiger charge is -2.20. The first kappa shape index (κ1) is 19.3. The molecule has 8 nitrogen and oxygen atoms in total. The fourth-order valence-corrected chi connectivity index (χ4v) is 4.08. The molecule has 2 aromatic carbocycles. The highest BCUT2D eigenvalue weighted by Crippen LogP contribution is 2.34. The Labute approximate surface area is 178 Å². The predicted octanol–water partition coefficient (Wildman–Crippen LogP) is 4.56. The summed E-state index contributed by atoms with van der Waals surface area (Å²) in [6.07, 6.45) is 4.34. The van der Waals surface area contributed by atoms with Gasteiger partial charge in [0.1, 0.15) is 18.8 Å². The van der Waals surface area contributed by atoms with Crippen LogP contribution in [0.25, 0.3) is 11.0 Å². The number of amides is 2. The zero-order valence-electron chi connectivity index (χ0n) is 16.9. The minimum absolute atomic E-state index is 0.0978. The molecule has 2 heterocycles. The predicted molar refractivity (Wildman–Crippen MR) is 118 cm³/mol. The van der Waals surface area contributed by atoms with Gasteiger partial charge in [-0.1, -0.05) is 25.0 Å². The van der Waals surface area contributed by atoms with E-state index in [4.69, 9.17) is 13.9 Å². The maximum absolute atomic E-state index is 12.7. The van der Waals surface area contributed by atoms with Crippen molar-refractivity contribution in [3.63, 3.8) is 0 Å². The van der Waals surface area contributed by atoms with Crippen LogP contribution >= 0.6 is 0 Å². The molecule has 2 aliphatic rings. The molecule has 1 aliphatic heterocycles. The van der Waals surface area contributed by atoms with E-state index in [1.54, 1.807) is 24.3 Å². The zero-order chi connectivity index (χ0) is 21.2. The second-order valence-corrected chi connectivity index (χ2v) is 7.70. The summed E-state index contributed by atoms with van der Waals surface area (Å²) in [6.45, 7) is 0.950. The third-order valence-electron chi connectivity index (χ3n) is 5.56. The van der Waals surface area contributed by atoms with Gasteiger partial charge < -0.3 is 24.5 Å². The first-order valence-corrected chi connectivity index (χ1v) is 10.5. The number of anilines is 3. The van der Waals surface area contributed by atoms with Crippen LogP contribution in [-0.2, 0) is 0 Å². The Morgan fingerprint density at radius 1 is 0.903 bits per heavy atom. The standard InChI is InChI=1S/C23H23N3O5/c27-22-21(26-23(28)25-15-9-10-18-19(13-15)30-12-11-29-18)20(24-14-5-1-2-6-14)16-7-3-4-8-17(16)31-22/h3-4,7-10,13-14,24H,1-2,5-6,11-12H2,(H2,25,26,28). The van der Waals surface area contributed by atoms with Gasteiger partial charge in [-0.05, 0) is 37.1 Å². The molecule has 0 atom stereocenters. The second kappa shape index (κ2) is 8.22. The summed E-state index contributed by atoms with van der Waals surface area (Å²) >= 11 is 0. The van der Waals surface area contributed by atoms with Crippen molar-refractivity contribution in [2.45, 2.75) is 31.7 Å². The van der Waals surface area contributed by atoms with E-state index in [9.17, 15) is 9.59 Å². The van der Waals surface area contributed by atoms with Crippen LogP contribution in [0.2, 0.25) is 0 Å². The molecule has 160 valence electrons. The highest BCUT2D eigenvalue weighted by molar-refractivity contribution is 6.05. The highest BCUT2D eigenvalue weighted by atomic mass is 16.6. The average Bonchev–Trinajstić information content (AvgIpc) is 3.29. The molecule has 0 bridgehead atoms. The number of nitrogens with one attached hydrogen (secondary N) is 3. The largest absolute Gasteiger partial charge is 0.486 e. The zero-order valence-corrected chi connectivity index (χ0v) is 16.9. The van der Waals surface area contributed by atoms with Gasteiger partial charge in [-0.25, -0.2) is 9.59 Å². The SMILES string of the molecule is O=C(Nc1ccc2c(c1)OCCO2)Nc1c(NC2CCCC2)c2ccccc2oc1=O. The molecule has 5 rings (SSSR count). The molecule has 1 aliphatic carbocycles. The van der Waals surface area contributed by atoms with Crippen LogP contribution < -0.4 is 31.0 Å². The summed E-state index contributed by atoms with van der Waals surface area (Å²) in [5, 5.41) is 9.64. The molecule has 1 aromatic heterocycles. The molecule has 0 unspecified atom stereocenters. The lowest BCUT2D eigenvalue weighted by molar-refractivity contribution is 0.171. The highest BCUT2D eigenvalue weighted by Gasteiger charge is 2.22. The normalized spacial score (nSPS) is 15.6. The Morgan fingerprint density at radius 2 is 1.68 bits per heavy atom. The molecule has 3 N–H and O–H groups in total. The van der Waals surface area contributed by atoms with E-state index in [0.717, 1.165) is 31.1 Å². The molecular formula is C23H23N3O5. The average molecular weight is 421 g/mol. The topological polar surface area (TPSA) is 102 Å². The Bertz CT molecular complexity index is 1180. The van der Waals surface area contributed by atoms with Crippen LogP contribution in [0, 0.1) is 0 Å². The molecule has 8 heteroatoms. The first-order valence-electron chi connectivity index (χ1n) is 10.5. The van der Waals surface area contributed by atoms with Gasteiger partial charge in [-0.15, -0.1) is 0 Å². The number of carbonyl (C=O) groups is 1. The van der Waals surface area contributed by atoms with Crippen molar-refractivity contribution in [1.82, 2.24) is 0 Å². The molecule has 0 spiro atoms. The minimum Gasteiger partial charge on any atom is -0.486 e. The van der Waals surface area contributed by atoms with E-state index < -0.39 is 11.7 Å². The van der Waals surface area contributed by atoms with Gasteiger partial charge in [0, 0.05) is 23.2 Å². The number of fused-ring (bicyclic) bond motifs is 2. The van der Waals surface area contributed by atoms with E-state index in [1.807, 2.05) is 18.2 Å². The van der Waals surface area contributed by atoms with E-state index in [2.05, 4.69) is 16.0 Å². The Hall–Kier alpha value is -3.68. The second-order valence-electron chi connectivity index (χ2n) is 7.70. The number of ether oxygens (including phenoxy) is 2. The fourth-order valence-electron chi connectivity index (χ4n) is 4.08. The minimum atomic E-state index is -0.600. The van der Waals surface area contributed by atoms with Gasteiger partial charge in [0.15, 0.2) is 17.2 Å². The van der Waals surface area contributed by atoms with E-state index in [0.29, 0.717) is 41.7 Å². The summed E-state index contributed by atoms with van der Waals surface area (Å²) in [5.74, 6) is 1.20. The van der Waals surface area contributed by atoms with Gasteiger partial charge in [-0.2, -0.15) is 0 Å². The van der Waals surface area contributed by atoms with E-state index >= 15 is 0 Å². The van der Waals surface area contributed by atoms with E-state index in [1.165, 1.54) is 0 Å². The Kier molecular flexibility index (Phi) is 5.11. The third-order valence-corrected chi connectivity index (χ3v) is 5.56. The van der Waals surface area contributed by atoms with Gasteiger partial charge in [-0.3, -0.25) is 5.32 Å². The van der Waals surface area contributed by atoms with Crippen LogP contribution in [0.4, 0.5) is 21.9 Å². The van der Waals surface area contributed by atoms with Crippen LogP contribution in [0.1, 0.15) is 25.7 Å². The van der Waals surface area contributed by atoms with Crippen molar-refractivity contribution in [1.29, 1.82) is 0 Å². The van der Waals surface area contributed by atoms with Crippen molar-refractivity contribution >= 4 is 34.1 Å². The lowest BCUT2D eigenvalue weighted by Crippen LogP contribution is -2.26. The van der Waals surface area contributed by atoms with Crippen LogP contribution in [0.3, 0.4) is 0 Å². The molecule has 0 radical (unpaired) electrons. The number of rotatable bonds is 4. The van der Waals surface area contributed by atoms with Crippen molar-refractivity contribution in [2.24, 2.45) is 0 Å². The summed E-state index contributed by atoms with van der Waals surface area (Å²) in [4.78, 5) is 25.4. The summed E-state index contributed by atoms with van der Waals surface area (Å²) in [7, 11) is 0. The smallest absolute Gasteiger partial charge is 0.362 e. The van der Waals surface area contributed by atoms with Gasteiger partial charge in [0.2, 0.25) is 0 Å². The third kappa shape index (κ3) is 4.01. The first-order chi connectivity index (χ1) is 15.2. The molecule has 31 heavy (non-hydrogen) atoms. The van der Waals surface area contributed by atoms with Gasteiger partial charge in [0.25, 0.3) is 0 Å². The molecule has 1 saturated carbocycles.